The zero-order chi connectivity index (χ0) is 12.1. The van der Waals surface area contributed by atoms with Gasteiger partial charge in [-0.2, -0.15) is 0 Å². The first-order valence-corrected chi connectivity index (χ1v) is 7.39. The molecular weight excluding hydrogens is 282 g/mol. The van der Waals surface area contributed by atoms with Crippen LogP contribution in [-0.4, -0.2) is 50.6 Å². The van der Waals surface area contributed by atoms with Crippen LogP contribution in [0.15, 0.2) is 0 Å². The molecule has 0 aliphatic heterocycles. The van der Waals surface area contributed by atoms with E-state index in [1.807, 2.05) is 13.8 Å². The highest BCUT2D eigenvalue weighted by Gasteiger charge is 2.21. The van der Waals surface area contributed by atoms with Gasteiger partial charge in [-0.3, -0.25) is 0 Å². The van der Waals surface area contributed by atoms with Crippen molar-refractivity contribution in [3.05, 3.63) is 0 Å². The van der Waals surface area contributed by atoms with Crippen LogP contribution in [0.2, 0.25) is 0 Å². The average molecular weight is 302 g/mol. The Balaban J connectivity index is 4.25. The summed E-state index contributed by atoms with van der Waals surface area (Å²) in [6.45, 7) is 4.72. The van der Waals surface area contributed by atoms with Crippen molar-refractivity contribution in [2.45, 2.75) is 18.7 Å². The van der Waals surface area contributed by atoms with Crippen LogP contribution in [0.1, 0.15) is 13.8 Å². The molecule has 0 aromatic rings. The summed E-state index contributed by atoms with van der Waals surface area (Å²) in [6, 6.07) is 0. The number of methoxy groups -OCH3 is 1. The van der Waals surface area contributed by atoms with Crippen LogP contribution < -0.4 is 0 Å². The van der Waals surface area contributed by atoms with E-state index in [0.29, 0.717) is 13.2 Å². The van der Waals surface area contributed by atoms with Crippen molar-refractivity contribution in [2.75, 3.05) is 33.1 Å². The van der Waals surface area contributed by atoms with Crippen molar-refractivity contribution >= 4 is 26.0 Å². The van der Waals surface area contributed by atoms with Crippen LogP contribution >= 0.6 is 15.9 Å². The quantitative estimate of drug-likeness (QED) is 0.666. The van der Waals surface area contributed by atoms with Gasteiger partial charge in [0, 0.05) is 20.7 Å². The van der Waals surface area contributed by atoms with Gasteiger partial charge in [-0.15, -0.1) is 0 Å². The SMILES string of the molecule is COCC(Br)CN(C)S(=O)(=O)CC(C)C. The number of sulfonamides is 1. The molecule has 0 spiro atoms. The third-order valence-electron chi connectivity index (χ3n) is 1.82. The number of hydrogen-bond acceptors (Lipinski definition) is 3. The second kappa shape index (κ2) is 6.83. The summed E-state index contributed by atoms with van der Waals surface area (Å²) in [5.41, 5.74) is 0. The average Bonchev–Trinajstić information content (AvgIpc) is 2.01. The first-order chi connectivity index (χ1) is 6.79. The number of ether oxygens (including phenoxy) is 1. The van der Waals surface area contributed by atoms with Crippen molar-refractivity contribution in [3.63, 3.8) is 0 Å². The van der Waals surface area contributed by atoms with Crippen molar-refractivity contribution in [1.29, 1.82) is 0 Å². The first kappa shape index (κ1) is 15.3. The molecule has 0 bridgehead atoms. The Kier molecular flexibility index (Phi) is 6.99. The maximum Gasteiger partial charge on any atom is 0.214 e. The number of halogens is 1. The molecule has 0 radical (unpaired) electrons. The fourth-order valence-electron chi connectivity index (χ4n) is 1.17. The summed E-state index contributed by atoms with van der Waals surface area (Å²) >= 11 is 3.37. The molecule has 92 valence electrons. The maximum atomic E-state index is 11.7. The maximum absolute atomic E-state index is 11.7. The molecule has 4 nitrogen and oxygen atoms in total. The standard InChI is InChI=1S/C9H20BrNO3S/c1-8(2)7-15(12,13)11(3)5-9(10)6-14-4/h8-9H,5-7H2,1-4H3. The normalized spacial score (nSPS) is 14.9. The van der Waals surface area contributed by atoms with Crippen LogP contribution in [0.3, 0.4) is 0 Å². The Hall–Kier alpha value is 0.350. The van der Waals surface area contributed by atoms with E-state index in [9.17, 15) is 8.42 Å². The van der Waals surface area contributed by atoms with Gasteiger partial charge in [0.1, 0.15) is 0 Å². The lowest BCUT2D eigenvalue weighted by Gasteiger charge is -2.20. The summed E-state index contributed by atoms with van der Waals surface area (Å²) in [5.74, 6) is 0.338. The molecule has 0 amide bonds. The summed E-state index contributed by atoms with van der Waals surface area (Å²) in [5, 5.41) is 0. The fraction of sp³-hybridized carbons (Fsp3) is 1.00. The van der Waals surface area contributed by atoms with E-state index in [-0.39, 0.29) is 16.5 Å². The van der Waals surface area contributed by atoms with Crippen LogP contribution in [0, 0.1) is 5.92 Å². The van der Waals surface area contributed by atoms with Gasteiger partial charge in [0.25, 0.3) is 0 Å². The highest BCUT2D eigenvalue weighted by Crippen LogP contribution is 2.09. The number of alkyl halides is 1. The Labute approximate surface area is 101 Å². The van der Waals surface area contributed by atoms with E-state index in [4.69, 9.17) is 4.74 Å². The number of nitrogens with zero attached hydrogens (tertiary/aromatic N) is 1. The molecule has 6 heteroatoms. The molecule has 1 unspecified atom stereocenters. The monoisotopic (exact) mass is 301 g/mol. The molecule has 0 saturated carbocycles. The smallest absolute Gasteiger partial charge is 0.214 e. The van der Waals surface area contributed by atoms with Crippen LogP contribution in [0.5, 0.6) is 0 Å². The molecule has 15 heavy (non-hydrogen) atoms. The molecule has 0 N–H and O–H groups in total. The highest BCUT2D eigenvalue weighted by atomic mass is 79.9. The van der Waals surface area contributed by atoms with E-state index >= 15 is 0 Å². The van der Waals surface area contributed by atoms with Crippen LogP contribution in [0.25, 0.3) is 0 Å². The molecule has 0 fully saturated rings. The zero-order valence-electron chi connectivity index (χ0n) is 9.73. The fourth-order valence-corrected chi connectivity index (χ4v) is 3.57. The Morgan fingerprint density at radius 3 is 2.33 bits per heavy atom. The number of rotatable bonds is 7. The van der Waals surface area contributed by atoms with Crippen LogP contribution in [-0.2, 0) is 14.8 Å². The zero-order valence-corrected chi connectivity index (χ0v) is 12.1. The molecule has 0 saturated heterocycles. The van der Waals surface area contributed by atoms with Crippen molar-refractivity contribution in [2.24, 2.45) is 5.92 Å². The minimum atomic E-state index is -3.13. The second-order valence-electron chi connectivity index (χ2n) is 4.01. The summed E-state index contributed by atoms with van der Waals surface area (Å²) < 4.78 is 29.8. The Morgan fingerprint density at radius 2 is 1.93 bits per heavy atom. The predicted octanol–water partition coefficient (Wildman–Crippen LogP) is 1.31. The van der Waals surface area contributed by atoms with Crippen molar-refractivity contribution in [3.8, 4) is 0 Å². The van der Waals surface area contributed by atoms with E-state index in [1.54, 1.807) is 14.2 Å². The lowest BCUT2D eigenvalue weighted by molar-refractivity contribution is 0.195. The van der Waals surface area contributed by atoms with Gasteiger partial charge in [0.05, 0.1) is 17.2 Å². The van der Waals surface area contributed by atoms with Crippen molar-refractivity contribution in [1.82, 2.24) is 4.31 Å². The number of hydrogen-bond donors (Lipinski definition) is 0. The summed E-state index contributed by atoms with van der Waals surface area (Å²) in [7, 11) is 0.0678. The summed E-state index contributed by atoms with van der Waals surface area (Å²) in [6.07, 6.45) is 0. The third kappa shape index (κ3) is 6.50. The van der Waals surface area contributed by atoms with Gasteiger partial charge in [0.15, 0.2) is 0 Å². The Bertz CT molecular complexity index is 267. The third-order valence-corrected chi connectivity index (χ3v) is 4.56. The largest absolute Gasteiger partial charge is 0.383 e. The first-order valence-electron chi connectivity index (χ1n) is 4.86. The van der Waals surface area contributed by atoms with Gasteiger partial charge in [-0.05, 0) is 5.92 Å². The lowest BCUT2D eigenvalue weighted by Crippen LogP contribution is -2.36. The van der Waals surface area contributed by atoms with Crippen molar-refractivity contribution < 1.29 is 13.2 Å². The summed E-state index contributed by atoms with van der Waals surface area (Å²) in [4.78, 5) is 0.0365. The van der Waals surface area contributed by atoms with E-state index in [1.165, 1.54) is 4.31 Å². The predicted molar refractivity (Wildman–Crippen MR) is 65.8 cm³/mol. The molecule has 0 aromatic heterocycles. The van der Waals surface area contributed by atoms with Gasteiger partial charge in [0.2, 0.25) is 10.0 Å². The van der Waals surface area contributed by atoms with E-state index in [2.05, 4.69) is 15.9 Å². The molecule has 0 heterocycles. The van der Waals surface area contributed by atoms with Crippen LogP contribution in [0.4, 0.5) is 0 Å². The Morgan fingerprint density at radius 1 is 1.40 bits per heavy atom. The minimum Gasteiger partial charge on any atom is -0.383 e. The highest BCUT2D eigenvalue weighted by molar-refractivity contribution is 9.09. The lowest BCUT2D eigenvalue weighted by atomic mass is 10.3. The molecule has 1 atom stereocenters. The molecule has 0 aliphatic carbocycles. The van der Waals surface area contributed by atoms with Gasteiger partial charge < -0.3 is 4.74 Å². The molecular formula is C9H20BrNO3S. The van der Waals surface area contributed by atoms with E-state index < -0.39 is 10.0 Å². The minimum absolute atomic E-state index is 0.0365. The second-order valence-corrected chi connectivity index (χ2v) is 7.42. The van der Waals surface area contributed by atoms with Gasteiger partial charge in [-0.25, -0.2) is 12.7 Å². The van der Waals surface area contributed by atoms with Gasteiger partial charge >= 0.3 is 0 Å². The molecule has 0 rings (SSSR count). The van der Waals surface area contributed by atoms with Gasteiger partial charge in [-0.1, -0.05) is 29.8 Å². The molecule has 0 aliphatic rings. The molecule has 0 aromatic carbocycles. The topological polar surface area (TPSA) is 46.6 Å². The van der Waals surface area contributed by atoms with E-state index in [0.717, 1.165) is 0 Å².